The van der Waals surface area contributed by atoms with Gasteiger partial charge in [0.2, 0.25) is 0 Å². The summed E-state index contributed by atoms with van der Waals surface area (Å²) in [5, 5.41) is 11.7. The molecule has 138 valence electrons. The van der Waals surface area contributed by atoms with E-state index >= 15 is 0 Å². The fourth-order valence-corrected chi connectivity index (χ4v) is 3.22. The molecule has 26 heavy (non-hydrogen) atoms. The highest BCUT2D eigenvalue weighted by Crippen LogP contribution is 2.23. The van der Waals surface area contributed by atoms with Crippen molar-refractivity contribution < 1.29 is 23.8 Å². The molecule has 1 aromatic heterocycles. The van der Waals surface area contributed by atoms with Crippen molar-refractivity contribution in [3.05, 3.63) is 53.0 Å². The summed E-state index contributed by atoms with van der Waals surface area (Å²) < 4.78 is 11.1. The molecule has 0 atom stereocenters. The number of aryl methyl sites for hydroxylation is 1. The molecule has 0 spiro atoms. The molecule has 1 aromatic carbocycles. The fourth-order valence-electron chi connectivity index (χ4n) is 3.22. The van der Waals surface area contributed by atoms with Crippen LogP contribution in [-0.4, -0.2) is 23.1 Å². The molecular formula is C20H23NO5. The lowest BCUT2D eigenvalue weighted by molar-refractivity contribution is -0.136. The molecule has 0 radical (unpaired) electrons. The van der Waals surface area contributed by atoms with Gasteiger partial charge in [0.25, 0.3) is 5.91 Å². The van der Waals surface area contributed by atoms with Gasteiger partial charge in [0, 0.05) is 11.3 Å². The SMILES string of the molecule is Cc1coc(CC(=O)O)c1C(=O)Nc1ccc(COC2CCCC2)cc1. The van der Waals surface area contributed by atoms with E-state index in [9.17, 15) is 9.59 Å². The Morgan fingerprint density at radius 3 is 2.58 bits per heavy atom. The standard InChI is InChI=1S/C20H23NO5/c1-13-11-26-17(10-18(22)23)19(13)20(24)21-15-8-6-14(7-9-15)12-25-16-4-2-3-5-16/h6-9,11,16H,2-5,10,12H2,1H3,(H,21,24)(H,22,23). The normalized spacial score (nSPS) is 14.5. The van der Waals surface area contributed by atoms with E-state index in [2.05, 4.69) is 5.32 Å². The van der Waals surface area contributed by atoms with Gasteiger partial charge < -0.3 is 19.6 Å². The van der Waals surface area contributed by atoms with Crippen LogP contribution in [0.2, 0.25) is 0 Å². The van der Waals surface area contributed by atoms with Crippen LogP contribution in [0.15, 0.2) is 34.9 Å². The van der Waals surface area contributed by atoms with E-state index < -0.39 is 5.97 Å². The summed E-state index contributed by atoms with van der Waals surface area (Å²) >= 11 is 0. The first-order chi connectivity index (χ1) is 12.5. The lowest BCUT2D eigenvalue weighted by atomic mass is 10.1. The number of nitrogens with one attached hydrogen (secondary N) is 1. The van der Waals surface area contributed by atoms with Gasteiger partial charge in [0.05, 0.1) is 24.5 Å². The molecular weight excluding hydrogens is 334 g/mol. The summed E-state index contributed by atoms with van der Waals surface area (Å²) in [7, 11) is 0. The molecule has 0 aliphatic heterocycles. The number of hydrogen-bond acceptors (Lipinski definition) is 4. The number of amides is 1. The largest absolute Gasteiger partial charge is 0.481 e. The van der Waals surface area contributed by atoms with Gasteiger partial charge in [-0.25, -0.2) is 0 Å². The molecule has 1 saturated carbocycles. The van der Waals surface area contributed by atoms with Gasteiger partial charge in [-0.2, -0.15) is 0 Å². The first-order valence-electron chi connectivity index (χ1n) is 8.83. The fraction of sp³-hybridized carbons (Fsp3) is 0.400. The molecule has 1 fully saturated rings. The summed E-state index contributed by atoms with van der Waals surface area (Å²) in [6.07, 6.45) is 6.20. The Bertz CT molecular complexity index is 772. The molecule has 6 heteroatoms. The third-order valence-electron chi connectivity index (χ3n) is 4.59. The first-order valence-corrected chi connectivity index (χ1v) is 8.83. The van der Waals surface area contributed by atoms with E-state index in [0.29, 0.717) is 24.0 Å². The number of hydrogen-bond donors (Lipinski definition) is 2. The van der Waals surface area contributed by atoms with Crippen LogP contribution < -0.4 is 5.32 Å². The van der Waals surface area contributed by atoms with E-state index in [-0.39, 0.29) is 23.7 Å². The molecule has 2 aromatic rings. The Morgan fingerprint density at radius 1 is 1.23 bits per heavy atom. The van der Waals surface area contributed by atoms with Crippen LogP contribution in [0.5, 0.6) is 0 Å². The first kappa shape index (κ1) is 18.2. The number of rotatable bonds is 7. The quantitative estimate of drug-likeness (QED) is 0.784. The van der Waals surface area contributed by atoms with Crippen LogP contribution in [0.25, 0.3) is 0 Å². The molecule has 2 N–H and O–H groups in total. The Kier molecular flexibility index (Phi) is 5.73. The zero-order valence-corrected chi connectivity index (χ0v) is 14.8. The molecule has 1 aliphatic rings. The summed E-state index contributed by atoms with van der Waals surface area (Å²) in [6, 6.07) is 7.48. The van der Waals surface area contributed by atoms with Crippen molar-refractivity contribution in [2.24, 2.45) is 0 Å². The highest BCUT2D eigenvalue weighted by molar-refractivity contribution is 6.06. The Balaban J connectivity index is 1.61. The van der Waals surface area contributed by atoms with E-state index in [1.165, 1.54) is 19.1 Å². The van der Waals surface area contributed by atoms with Gasteiger partial charge in [-0.1, -0.05) is 25.0 Å². The van der Waals surface area contributed by atoms with E-state index in [0.717, 1.165) is 18.4 Å². The minimum absolute atomic E-state index is 0.161. The maximum Gasteiger partial charge on any atom is 0.311 e. The predicted molar refractivity (Wildman–Crippen MR) is 96.2 cm³/mol. The van der Waals surface area contributed by atoms with Crippen molar-refractivity contribution in [1.29, 1.82) is 0 Å². The molecule has 0 bridgehead atoms. The van der Waals surface area contributed by atoms with Crippen molar-refractivity contribution in [2.75, 3.05) is 5.32 Å². The van der Waals surface area contributed by atoms with E-state index in [1.54, 1.807) is 6.92 Å². The van der Waals surface area contributed by atoms with Crippen LogP contribution >= 0.6 is 0 Å². The zero-order chi connectivity index (χ0) is 18.5. The molecule has 0 unspecified atom stereocenters. The Morgan fingerprint density at radius 2 is 1.92 bits per heavy atom. The number of carboxylic acid groups (broad SMARTS) is 1. The summed E-state index contributed by atoms with van der Waals surface area (Å²) in [5.41, 5.74) is 2.59. The smallest absolute Gasteiger partial charge is 0.311 e. The van der Waals surface area contributed by atoms with E-state index in [4.69, 9.17) is 14.3 Å². The number of carboxylic acids is 1. The lowest BCUT2D eigenvalue weighted by Crippen LogP contribution is -2.15. The molecule has 0 saturated heterocycles. The van der Waals surface area contributed by atoms with Crippen LogP contribution in [-0.2, 0) is 22.6 Å². The Hall–Kier alpha value is -2.60. The van der Waals surface area contributed by atoms with Crippen LogP contribution in [0.1, 0.15) is 52.9 Å². The summed E-state index contributed by atoms with van der Waals surface area (Å²) in [6.45, 7) is 2.29. The van der Waals surface area contributed by atoms with E-state index in [1.807, 2.05) is 24.3 Å². The van der Waals surface area contributed by atoms with Gasteiger partial charge in [-0.3, -0.25) is 9.59 Å². The van der Waals surface area contributed by atoms with Crippen molar-refractivity contribution >= 4 is 17.6 Å². The van der Waals surface area contributed by atoms with Crippen molar-refractivity contribution in [3.8, 4) is 0 Å². The Labute approximate surface area is 152 Å². The molecule has 1 amide bonds. The highest BCUT2D eigenvalue weighted by Gasteiger charge is 2.20. The van der Waals surface area contributed by atoms with Crippen molar-refractivity contribution in [3.63, 3.8) is 0 Å². The number of anilines is 1. The second-order valence-corrected chi connectivity index (χ2v) is 6.66. The minimum Gasteiger partial charge on any atom is -0.481 e. The van der Waals surface area contributed by atoms with Crippen molar-refractivity contribution in [1.82, 2.24) is 0 Å². The maximum absolute atomic E-state index is 12.5. The van der Waals surface area contributed by atoms with Crippen LogP contribution in [0.3, 0.4) is 0 Å². The lowest BCUT2D eigenvalue weighted by Gasteiger charge is -2.11. The average molecular weight is 357 g/mol. The molecule has 6 nitrogen and oxygen atoms in total. The predicted octanol–water partition coefficient (Wildman–Crippen LogP) is 3.93. The van der Waals surface area contributed by atoms with Gasteiger partial charge >= 0.3 is 5.97 Å². The molecule has 1 heterocycles. The number of carbonyl (C=O) groups is 2. The summed E-state index contributed by atoms with van der Waals surface area (Å²) in [4.78, 5) is 23.4. The second kappa shape index (κ2) is 8.19. The minimum atomic E-state index is -1.04. The third-order valence-corrected chi connectivity index (χ3v) is 4.59. The van der Waals surface area contributed by atoms with Gasteiger partial charge in [0.15, 0.2) is 0 Å². The van der Waals surface area contributed by atoms with Crippen LogP contribution in [0, 0.1) is 6.92 Å². The number of furan rings is 1. The maximum atomic E-state index is 12.5. The highest BCUT2D eigenvalue weighted by atomic mass is 16.5. The topological polar surface area (TPSA) is 88.8 Å². The zero-order valence-electron chi connectivity index (χ0n) is 14.8. The number of ether oxygens (including phenoxy) is 1. The van der Waals surface area contributed by atoms with Gasteiger partial charge in [-0.15, -0.1) is 0 Å². The van der Waals surface area contributed by atoms with Crippen molar-refractivity contribution in [2.45, 2.75) is 51.7 Å². The monoisotopic (exact) mass is 357 g/mol. The third kappa shape index (κ3) is 4.52. The number of carbonyl (C=O) groups excluding carboxylic acids is 1. The van der Waals surface area contributed by atoms with Gasteiger partial charge in [-0.05, 0) is 37.5 Å². The molecule has 1 aliphatic carbocycles. The summed E-state index contributed by atoms with van der Waals surface area (Å²) in [5.74, 6) is -1.25. The number of aliphatic carboxylic acids is 1. The number of benzene rings is 1. The second-order valence-electron chi connectivity index (χ2n) is 6.66. The average Bonchev–Trinajstić information content (AvgIpc) is 3.24. The van der Waals surface area contributed by atoms with Crippen LogP contribution in [0.4, 0.5) is 5.69 Å². The molecule has 3 rings (SSSR count). The van der Waals surface area contributed by atoms with Gasteiger partial charge in [0.1, 0.15) is 12.2 Å².